The molecule has 2 aromatic carbocycles. The Hall–Kier alpha value is -3.39. The van der Waals surface area contributed by atoms with E-state index in [0.29, 0.717) is 11.5 Å². The Kier molecular flexibility index (Phi) is 4.70. The molecule has 28 heavy (non-hydrogen) atoms. The molecule has 0 bridgehead atoms. The van der Waals surface area contributed by atoms with Gasteiger partial charge in [0.1, 0.15) is 17.3 Å². The van der Waals surface area contributed by atoms with Gasteiger partial charge in [0, 0.05) is 9.13 Å². The zero-order valence-corrected chi connectivity index (χ0v) is 16.6. The molecule has 4 N–H and O–H groups in total. The maximum absolute atomic E-state index is 9.82. The van der Waals surface area contributed by atoms with Crippen LogP contribution in [0.2, 0.25) is 0 Å². The Morgan fingerprint density at radius 2 is 1.89 bits per heavy atom. The third kappa shape index (κ3) is 3.07. The van der Waals surface area contributed by atoms with E-state index < -0.39 is 5.92 Å². The lowest BCUT2D eigenvalue weighted by atomic mass is 9.86. The first-order valence-electron chi connectivity index (χ1n) is 8.27. The first-order chi connectivity index (χ1) is 13.6. The third-order valence-electron chi connectivity index (χ3n) is 4.33. The Morgan fingerprint density at radius 3 is 2.54 bits per heavy atom. The summed E-state index contributed by atoms with van der Waals surface area (Å²) in [6.45, 7) is 0. The number of rotatable bonds is 3. The maximum atomic E-state index is 9.82. The van der Waals surface area contributed by atoms with Crippen molar-refractivity contribution in [2.24, 2.45) is 5.73 Å². The van der Waals surface area contributed by atoms with Gasteiger partial charge in [0.15, 0.2) is 5.76 Å². The standard InChI is InChI=1S/C19H14IN7O/c20-13-8-4-7-12(9-13)15-14(10-21)18(22)28-17(11-5-2-1-3-6-11)16(15)27-19(23)24-25-26-27/h1-9,15H,22H2,(H2,23,24,26). The lowest BCUT2D eigenvalue weighted by Gasteiger charge is -2.29. The smallest absolute Gasteiger partial charge is 0.244 e. The fourth-order valence-corrected chi connectivity index (χ4v) is 3.71. The minimum atomic E-state index is -0.547. The number of hydrogen-bond donors (Lipinski definition) is 2. The van der Waals surface area contributed by atoms with Crippen molar-refractivity contribution >= 4 is 40.0 Å². The second kappa shape index (κ2) is 7.32. The molecule has 2 heterocycles. The number of nitrogens with zero attached hydrogens (tertiary/aromatic N) is 5. The van der Waals surface area contributed by atoms with Gasteiger partial charge in [-0.25, -0.2) is 0 Å². The van der Waals surface area contributed by atoms with Crippen molar-refractivity contribution in [2.75, 3.05) is 5.73 Å². The van der Waals surface area contributed by atoms with Crippen LogP contribution in [0.15, 0.2) is 66.1 Å². The molecule has 9 heteroatoms. The van der Waals surface area contributed by atoms with E-state index in [4.69, 9.17) is 16.2 Å². The van der Waals surface area contributed by atoms with Crippen LogP contribution in [0.3, 0.4) is 0 Å². The summed E-state index contributed by atoms with van der Waals surface area (Å²) in [5.74, 6) is 0.0236. The van der Waals surface area contributed by atoms with Crippen molar-refractivity contribution in [3.05, 3.63) is 80.8 Å². The van der Waals surface area contributed by atoms with Gasteiger partial charge in [0.25, 0.3) is 0 Å². The van der Waals surface area contributed by atoms with Gasteiger partial charge in [0.05, 0.1) is 5.92 Å². The number of benzene rings is 2. The Balaban J connectivity index is 2.05. The van der Waals surface area contributed by atoms with E-state index in [1.165, 1.54) is 4.68 Å². The summed E-state index contributed by atoms with van der Waals surface area (Å²) in [6.07, 6.45) is 0. The highest BCUT2D eigenvalue weighted by atomic mass is 127. The molecule has 0 spiro atoms. The normalized spacial score (nSPS) is 16.6. The first kappa shape index (κ1) is 18.0. The molecule has 138 valence electrons. The highest BCUT2D eigenvalue weighted by molar-refractivity contribution is 14.1. The molecule has 3 aromatic rings. The molecule has 1 aromatic heterocycles. The molecule has 1 aliphatic rings. The summed E-state index contributed by atoms with van der Waals surface area (Å²) in [5.41, 5.74) is 14.6. The largest absolute Gasteiger partial charge is 0.438 e. The van der Waals surface area contributed by atoms with Crippen LogP contribution in [-0.4, -0.2) is 20.2 Å². The number of allylic oxidation sites excluding steroid dienone is 2. The van der Waals surface area contributed by atoms with E-state index in [9.17, 15) is 5.26 Å². The van der Waals surface area contributed by atoms with Crippen molar-refractivity contribution in [3.8, 4) is 6.07 Å². The number of tetrazole rings is 1. The fraction of sp³-hybridized carbons (Fsp3) is 0.0526. The van der Waals surface area contributed by atoms with E-state index in [2.05, 4.69) is 44.2 Å². The van der Waals surface area contributed by atoms with Crippen LogP contribution in [0.5, 0.6) is 0 Å². The van der Waals surface area contributed by atoms with Gasteiger partial charge in [0.2, 0.25) is 11.8 Å². The summed E-state index contributed by atoms with van der Waals surface area (Å²) in [4.78, 5) is 0. The highest BCUT2D eigenvalue weighted by Crippen LogP contribution is 2.44. The lowest BCUT2D eigenvalue weighted by molar-refractivity contribution is 0.360. The molecular weight excluding hydrogens is 469 g/mol. The number of nitriles is 1. The van der Waals surface area contributed by atoms with Gasteiger partial charge in [-0.2, -0.15) is 9.94 Å². The molecule has 0 fully saturated rings. The van der Waals surface area contributed by atoms with E-state index in [1.807, 2.05) is 54.6 Å². The number of hydrogen-bond acceptors (Lipinski definition) is 7. The van der Waals surface area contributed by atoms with E-state index in [1.54, 1.807) is 0 Å². The molecule has 4 rings (SSSR count). The Morgan fingerprint density at radius 1 is 1.11 bits per heavy atom. The van der Waals surface area contributed by atoms with Crippen molar-refractivity contribution < 1.29 is 4.74 Å². The minimum absolute atomic E-state index is 0.0422. The minimum Gasteiger partial charge on any atom is -0.438 e. The lowest BCUT2D eigenvalue weighted by Crippen LogP contribution is -2.24. The van der Waals surface area contributed by atoms with Crippen molar-refractivity contribution in [1.29, 1.82) is 5.26 Å². The number of anilines is 1. The van der Waals surface area contributed by atoms with Crippen LogP contribution in [0.1, 0.15) is 17.0 Å². The van der Waals surface area contributed by atoms with Crippen LogP contribution in [0.25, 0.3) is 11.5 Å². The summed E-state index contributed by atoms with van der Waals surface area (Å²) < 4.78 is 8.29. The number of nitrogens with two attached hydrogens (primary N) is 2. The molecule has 0 amide bonds. The summed E-state index contributed by atoms with van der Waals surface area (Å²) in [5, 5.41) is 21.3. The van der Waals surface area contributed by atoms with Crippen molar-refractivity contribution in [1.82, 2.24) is 20.2 Å². The highest BCUT2D eigenvalue weighted by Gasteiger charge is 2.36. The molecule has 0 radical (unpaired) electrons. The van der Waals surface area contributed by atoms with E-state index in [-0.39, 0.29) is 17.4 Å². The Labute approximate surface area is 174 Å². The number of halogens is 1. The first-order valence-corrected chi connectivity index (χ1v) is 9.35. The molecule has 8 nitrogen and oxygen atoms in total. The fourth-order valence-electron chi connectivity index (χ4n) is 3.14. The van der Waals surface area contributed by atoms with E-state index in [0.717, 1.165) is 14.7 Å². The third-order valence-corrected chi connectivity index (χ3v) is 5.00. The van der Waals surface area contributed by atoms with Crippen LogP contribution in [0, 0.1) is 14.9 Å². The van der Waals surface area contributed by atoms with Gasteiger partial charge in [-0.05, 0) is 50.7 Å². The molecule has 0 aliphatic carbocycles. The average molecular weight is 483 g/mol. The monoisotopic (exact) mass is 483 g/mol. The second-order valence-electron chi connectivity index (χ2n) is 6.01. The van der Waals surface area contributed by atoms with Gasteiger partial charge >= 0.3 is 0 Å². The molecule has 1 atom stereocenters. The number of nitrogen functional groups attached to an aromatic ring is 1. The van der Waals surface area contributed by atoms with Gasteiger partial charge in [-0.3, -0.25) is 0 Å². The topological polar surface area (TPSA) is 129 Å². The second-order valence-corrected chi connectivity index (χ2v) is 7.25. The predicted molar refractivity (Wildman–Crippen MR) is 112 cm³/mol. The van der Waals surface area contributed by atoms with Crippen molar-refractivity contribution in [3.63, 3.8) is 0 Å². The van der Waals surface area contributed by atoms with Gasteiger partial charge in [-0.1, -0.05) is 47.6 Å². The van der Waals surface area contributed by atoms with Crippen LogP contribution >= 0.6 is 22.6 Å². The molecule has 1 aliphatic heterocycles. The zero-order valence-electron chi connectivity index (χ0n) is 14.5. The van der Waals surface area contributed by atoms with Crippen LogP contribution in [-0.2, 0) is 4.74 Å². The summed E-state index contributed by atoms with van der Waals surface area (Å²) in [6, 6.07) is 19.4. The van der Waals surface area contributed by atoms with Crippen molar-refractivity contribution in [2.45, 2.75) is 5.92 Å². The van der Waals surface area contributed by atoms with Crippen LogP contribution < -0.4 is 11.5 Å². The SMILES string of the molecule is N#CC1=C(N)OC(c2ccccc2)=C(n2nnnc2N)C1c1cccc(I)c1. The Bertz CT molecular complexity index is 1140. The average Bonchev–Trinajstić information content (AvgIpc) is 3.13. The van der Waals surface area contributed by atoms with Gasteiger partial charge < -0.3 is 16.2 Å². The maximum Gasteiger partial charge on any atom is 0.244 e. The summed E-state index contributed by atoms with van der Waals surface area (Å²) in [7, 11) is 0. The predicted octanol–water partition coefficient (Wildman–Crippen LogP) is 2.69. The van der Waals surface area contributed by atoms with Gasteiger partial charge in [-0.15, -0.1) is 0 Å². The van der Waals surface area contributed by atoms with E-state index >= 15 is 0 Å². The quantitative estimate of drug-likeness (QED) is 0.548. The molecule has 1 unspecified atom stereocenters. The molecule has 0 saturated heterocycles. The number of aromatic nitrogens is 4. The number of ether oxygens (including phenoxy) is 1. The zero-order chi connectivity index (χ0) is 19.7. The molecule has 0 saturated carbocycles. The van der Waals surface area contributed by atoms with Crippen LogP contribution in [0.4, 0.5) is 5.95 Å². The summed E-state index contributed by atoms with van der Waals surface area (Å²) >= 11 is 2.22. The molecular formula is C19H14IN7O.